The lowest BCUT2D eigenvalue weighted by Gasteiger charge is -2.12. The summed E-state index contributed by atoms with van der Waals surface area (Å²) in [5.74, 6) is 0.905. The molecule has 3 aromatic rings. The molecule has 0 radical (unpaired) electrons. The van der Waals surface area contributed by atoms with Gasteiger partial charge in [0.2, 0.25) is 0 Å². The van der Waals surface area contributed by atoms with Crippen LogP contribution in [0.25, 0.3) is 0 Å². The SMILES string of the molecule is CCc1ccccc1NCc1cccc(OCc2ccccc2)c1. The van der Waals surface area contributed by atoms with Crippen LogP contribution in [0.5, 0.6) is 5.75 Å². The highest BCUT2D eigenvalue weighted by Crippen LogP contribution is 2.19. The highest BCUT2D eigenvalue weighted by atomic mass is 16.5. The highest BCUT2D eigenvalue weighted by molar-refractivity contribution is 5.51. The number of para-hydroxylation sites is 1. The second-order valence-electron chi connectivity index (χ2n) is 5.79. The van der Waals surface area contributed by atoms with Crippen molar-refractivity contribution < 1.29 is 4.74 Å². The molecule has 0 spiro atoms. The van der Waals surface area contributed by atoms with Gasteiger partial charge in [0.1, 0.15) is 12.4 Å². The van der Waals surface area contributed by atoms with Gasteiger partial charge in [-0.3, -0.25) is 0 Å². The molecule has 0 aromatic heterocycles. The summed E-state index contributed by atoms with van der Waals surface area (Å²) in [7, 11) is 0. The first-order valence-corrected chi connectivity index (χ1v) is 8.42. The van der Waals surface area contributed by atoms with Crippen LogP contribution in [-0.2, 0) is 19.6 Å². The van der Waals surface area contributed by atoms with E-state index in [-0.39, 0.29) is 0 Å². The average molecular weight is 317 g/mol. The van der Waals surface area contributed by atoms with Crippen molar-refractivity contribution >= 4 is 5.69 Å². The molecule has 0 amide bonds. The lowest BCUT2D eigenvalue weighted by Crippen LogP contribution is -2.02. The Morgan fingerprint density at radius 1 is 0.792 bits per heavy atom. The van der Waals surface area contributed by atoms with E-state index in [0.29, 0.717) is 6.61 Å². The molecule has 3 rings (SSSR count). The van der Waals surface area contributed by atoms with Crippen molar-refractivity contribution in [2.24, 2.45) is 0 Å². The van der Waals surface area contributed by atoms with Gasteiger partial charge in [-0.25, -0.2) is 0 Å². The number of rotatable bonds is 7. The van der Waals surface area contributed by atoms with Gasteiger partial charge < -0.3 is 10.1 Å². The monoisotopic (exact) mass is 317 g/mol. The van der Waals surface area contributed by atoms with Crippen LogP contribution in [0.4, 0.5) is 5.69 Å². The molecule has 0 fully saturated rings. The second kappa shape index (κ2) is 8.21. The molecule has 2 nitrogen and oxygen atoms in total. The summed E-state index contributed by atoms with van der Waals surface area (Å²) >= 11 is 0. The molecule has 1 N–H and O–H groups in total. The van der Waals surface area contributed by atoms with E-state index in [9.17, 15) is 0 Å². The van der Waals surface area contributed by atoms with E-state index in [4.69, 9.17) is 4.74 Å². The maximum absolute atomic E-state index is 5.90. The van der Waals surface area contributed by atoms with Crippen LogP contribution < -0.4 is 10.1 Å². The Bertz CT molecular complexity index is 768. The number of hydrogen-bond donors (Lipinski definition) is 1. The summed E-state index contributed by atoms with van der Waals surface area (Å²) < 4.78 is 5.90. The lowest BCUT2D eigenvalue weighted by molar-refractivity contribution is 0.306. The molecule has 0 aliphatic carbocycles. The van der Waals surface area contributed by atoms with Gasteiger partial charge in [-0.15, -0.1) is 0 Å². The molecular formula is C22H23NO. The fraction of sp³-hybridized carbons (Fsp3) is 0.182. The first-order chi connectivity index (χ1) is 11.8. The fourth-order valence-electron chi connectivity index (χ4n) is 2.68. The van der Waals surface area contributed by atoms with Gasteiger partial charge in [0, 0.05) is 12.2 Å². The molecule has 0 bridgehead atoms. The third-order valence-corrected chi connectivity index (χ3v) is 4.03. The summed E-state index contributed by atoms with van der Waals surface area (Å²) in [6.07, 6.45) is 1.03. The van der Waals surface area contributed by atoms with Crippen molar-refractivity contribution in [2.75, 3.05) is 5.32 Å². The summed E-state index contributed by atoms with van der Waals surface area (Å²) in [5.41, 5.74) is 4.94. The van der Waals surface area contributed by atoms with Crippen molar-refractivity contribution in [3.63, 3.8) is 0 Å². The van der Waals surface area contributed by atoms with Gasteiger partial charge >= 0.3 is 0 Å². The number of ether oxygens (including phenoxy) is 1. The summed E-state index contributed by atoms with van der Waals surface area (Å²) in [6, 6.07) is 27.0. The van der Waals surface area contributed by atoms with Gasteiger partial charge in [0.25, 0.3) is 0 Å². The minimum Gasteiger partial charge on any atom is -0.489 e. The third-order valence-electron chi connectivity index (χ3n) is 4.03. The second-order valence-corrected chi connectivity index (χ2v) is 5.79. The molecule has 0 unspecified atom stereocenters. The van der Waals surface area contributed by atoms with Crippen molar-refractivity contribution in [3.8, 4) is 5.75 Å². The molecule has 24 heavy (non-hydrogen) atoms. The zero-order valence-electron chi connectivity index (χ0n) is 14.0. The van der Waals surface area contributed by atoms with E-state index in [1.54, 1.807) is 0 Å². The van der Waals surface area contributed by atoms with Gasteiger partial charge in [0.05, 0.1) is 0 Å². The van der Waals surface area contributed by atoms with Gasteiger partial charge in [0.15, 0.2) is 0 Å². The Balaban J connectivity index is 1.61. The zero-order chi connectivity index (χ0) is 16.6. The molecule has 0 saturated carbocycles. The van der Waals surface area contributed by atoms with Crippen molar-refractivity contribution in [3.05, 3.63) is 95.6 Å². The van der Waals surface area contributed by atoms with Crippen LogP contribution in [0.1, 0.15) is 23.6 Å². The minimum atomic E-state index is 0.594. The summed E-state index contributed by atoms with van der Waals surface area (Å²) in [5, 5.41) is 3.53. The molecule has 3 aromatic carbocycles. The van der Waals surface area contributed by atoms with E-state index >= 15 is 0 Å². The molecular weight excluding hydrogens is 294 g/mol. The van der Waals surface area contributed by atoms with Crippen LogP contribution in [-0.4, -0.2) is 0 Å². The largest absolute Gasteiger partial charge is 0.489 e. The normalized spacial score (nSPS) is 10.4. The van der Waals surface area contributed by atoms with Crippen LogP contribution in [0.2, 0.25) is 0 Å². The van der Waals surface area contributed by atoms with E-state index in [1.165, 1.54) is 22.4 Å². The fourth-order valence-corrected chi connectivity index (χ4v) is 2.68. The molecule has 2 heteroatoms. The maximum atomic E-state index is 5.90. The van der Waals surface area contributed by atoms with E-state index < -0.39 is 0 Å². The number of benzene rings is 3. The number of anilines is 1. The van der Waals surface area contributed by atoms with Gasteiger partial charge in [-0.05, 0) is 41.3 Å². The molecule has 0 saturated heterocycles. The molecule has 0 aliphatic rings. The first-order valence-electron chi connectivity index (χ1n) is 8.42. The smallest absolute Gasteiger partial charge is 0.120 e. The Labute approximate surface area is 144 Å². The number of aryl methyl sites for hydroxylation is 1. The Kier molecular flexibility index (Phi) is 5.52. The van der Waals surface area contributed by atoms with Crippen LogP contribution in [0.15, 0.2) is 78.9 Å². The number of hydrogen-bond acceptors (Lipinski definition) is 2. The third kappa shape index (κ3) is 4.39. The molecule has 0 aliphatic heterocycles. The van der Waals surface area contributed by atoms with Crippen molar-refractivity contribution in [1.82, 2.24) is 0 Å². The maximum Gasteiger partial charge on any atom is 0.120 e. The lowest BCUT2D eigenvalue weighted by atomic mass is 10.1. The molecule has 122 valence electrons. The van der Waals surface area contributed by atoms with Crippen LogP contribution >= 0.6 is 0 Å². The average Bonchev–Trinajstić information content (AvgIpc) is 2.66. The topological polar surface area (TPSA) is 21.3 Å². The Hall–Kier alpha value is -2.74. The predicted octanol–water partition coefficient (Wildman–Crippen LogP) is 5.44. The van der Waals surface area contributed by atoms with E-state index in [0.717, 1.165) is 18.7 Å². The van der Waals surface area contributed by atoms with Crippen molar-refractivity contribution in [1.29, 1.82) is 0 Å². The molecule has 0 heterocycles. The summed E-state index contributed by atoms with van der Waals surface area (Å²) in [4.78, 5) is 0. The predicted molar refractivity (Wildman–Crippen MR) is 100 cm³/mol. The zero-order valence-corrected chi connectivity index (χ0v) is 14.0. The standard InChI is InChI=1S/C22H23NO/c1-2-20-12-6-7-14-22(20)23-16-19-11-8-13-21(15-19)24-17-18-9-4-3-5-10-18/h3-15,23H,2,16-17H2,1H3. The first kappa shape index (κ1) is 16.1. The number of nitrogens with one attached hydrogen (secondary N) is 1. The summed E-state index contributed by atoms with van der Waals surface area (Å²) in [6.45, 7) is 3.56. The van der Waals surface area contributed by atoms with Gasteiger partial charge in [-0.2, -0.15) is 0 Å². The van der Waals surface area contributed by atoms with E-state index in [2.05, 4.69) is 60.8 Å². The Morgan fingerprint density at radius 3 is 2.38 bits per heavy atom. The van der Waals surface area contributed by atoms with Gasteiger partial charge in [-0.1, -0.05) is 67.6 Å². The minimum absolute atomic E-state index is 0.594. The van der Waals surface area contributed by atoms with Crippen LogP contribution in [0.3, 0.4) is 0 Å². The quantitative estimate of drug-likeness (QED) is 0.626. The molecule has 0 atom stereocenters. The van der Waals surface area contributed by atoms with Crippen LogP contribution in [0, 0.1) is 0 Å². The van der Waals surface area contributed by atoms with E-state index in [1.807, 2.05) is 30.3 Å². The highest BCUT2D eigenvalue weighted by Gasteiger charge is 2.01. The Morgan fingerprint density at radius 2 is 1.54 bits per heavy atom. The van der Waals surface area contributed by atoms with Crippen molar-refractivity contribution in [2.45, 2.75) is 26.5 Å².